The van der Waals surface area contributed by atoms with Crippen LogP contribution in [-0.4, -0.2) is 4.69 Å². The molecule has 0 bridgehead atoms. The van der Waals surface area contributed by atoms with Gasteiger partial charge in [0.1, 0.15) is 0 Å². The molecule has 2 heteroatoms. The fraction of sp³-hybridized carbons (Fsp3) is 0.900. The molecule has 12 heavy (non-hydrogen) atoms. The molecule has 0 N–H and O–H groups in total. The van der Waals surface area contributed by atoms with Crippen molar-refractivity contribution in [2.24, 2.45) is 11.8 Å². The fourth-order valence-electron chi connectivity index (χ4n) is 1.37. The monoisotopic (exact) mass is 234 g/mol. The zero-order valence-electron chi connectivity index (χ0n) is 8.27. The third kappa shape index (κ3) is 5.76. The zero-order valence-corrected chi connectivity index (χ0v) is 9.86. The van der Waals surface area contributed by atoms with E-state index in [9.17, 15) is 4.79 Å². The van der Waals surface area contributed by atoms with E-state index < -0.39 is 0 Å². The van der Waals surface area contributed by atoms with Crippen LogP contribution in [0.2, 0.25) is 0 Å². The van der Waals surface area contributed by atoms with E-state index in [1.54, 1.807) is 0 Å². The van der Waals surface area contributed by atoms with E-state index in [0.717, 1.165) is 6.42 Å². The summed E-state index contributed by atoms with van der Waals surface area (Å²) < 4.78 is 0.144. The van der Waals surface area contributed by atoms with Gasteiger partial charge in [-0.3, -0.25) is 4.79 Å². The van der Waals surface area contributed by atoms with Crippen LogP contribution in [0.1, 0.15) is 46.5 Å². The highest BCUT2D eigenvalue weighted by Crippen LogP contribution is 2.19. The van der Waals surface area contributed by atoms with Crippen molar-refractivity contribution in [3.05, 3.63) is 0 Å². The van der Waals surface area contributed by atoms with Crippen LogP contribution >= 0.6 is 15.9 Å². The lowest BCUT2D eigenvalue weighted by molar-refractivity contribution is -0.113. The molecule has 1 nitrogen and oxygen atoms in total. The molecule has 0 aromatic heterocycles. The number of rotatable bonds is 6. The van der Waals surface area contributed by atoms with Crippen molar-refractivity contribution in [1.82, 2.24) is 0 Å². The van der Waals surface area contributed by atoms with Crippen molar-refractivity contribution in [2.45, 2.75) is 46.5 Å². The predicted molar refractivity (Wildman–Crippen MR) is 56.4 cm³/mol. The van der Waals surface area contributed by atoms with Crippen molar-refractivity contribution in [3.8, 4) is 0 Å². The van der Waals surface area contributed by atoms with E-state index in [4.69, 9.17) is 0 Å². The topological polar surface area (TPSA) is 17.1 Å². The summed E-state index contributed by atoms with van der Waals surface area (Å²) in [5.41, 5.74) is 0. The predicted octanol–water partition coefficient (Wildman–Crippen LogP) is 3.76. The standard InChI is InChI=1S/C10H19BrO/c1-4-5-6-8(2)7-9(3)10(11)12/h8-9H,4-7H2,1-3H3. The second-order valence-electron chi connectivity index (χ2n) is 3.69. The van der Waals surface area contributed by atoms with Crippen LogP contribution in [0.15, 0.2) is 0 Å². The van der Waals surface area contributed by atoms with Gasteiger partial charge < -0.3 is 0 Å². The van der Waals surface area contributed by atoms with Crippen LogP contribution in [0, 0.1) is 11.8 Å². The molecule has 0 fully saturated rings. The first-order chi connectivity index (χ1) is 5.57. The number of carbonyl (C=O) groups is 1. The minimum absolute atomic E-state index is 0.144. The number of hydrogen-bond donors (Lipinski definition) is 0. The molecule has 0 saturated heterocycles. The zero-order chi connectivity index (χ0) is 9.56. The molecule has 0 aliphatic rings. The van der Waals surface area contributed by atoms with Crippen molar-refractivity contribution < 1.29 is 4.79 Å². The second-order valence-corrected chi connectivity index (χ2v) is 4.47. The molecule has 0 spiro atoms. The first kappa shape index (κ1) is 12.2. The average Bonchev–Trinajstić information content (AvgIpc) is 2.00. The molecular formula is C10H19BrO. The Bertz CT molecular complexity index is 134. The summed E-state index contributed by atoms with van der Waals surface area (Å²) in [6.07, 6.45) is 4.80. The smallest absolute Gasteiger partial charge is 0.200 e. The molecule has 0 radical (unpaired) electrons. The summed E-state index contributed by atoms with van der Waals surface area (Å²) in [6.45, 7) is 6.41. The van der Waals surface area contributed by atoms with Gasteiger partial charge in [-0.15, -0.1) is 0 Å². The number of hydrogen-bond acceptors (Lipinski definition) is 1. The van der Waals surface area contributed by atoms with Crippen LogP contribution < -0.4 is 0 Å². The molecular weight excluding hydrogens is 216 g/mol. The van der Waals surface area contributed by atoms with E-state index in [-0.39, 0.29) is 10.6 Å². The molecule has 0 aliphatic heterocycles. The summed E-state index contributed by atoms with van der Waals surface area (Å²) >= 11 is 3.00. The van der Waals surface area contributed by atoms with Gasteiger partial charge >= 0.3 is 0 Å². The fourth-order valence-corrected chi connectivity index (χ4v) is 1.55. The molecule has 0 saturated carbocycles. The SMILES string of the molecule is CCCCC(C)CC(C)C(=O)Br. The second kappa shape index (κ2) is 6.64. The maximum absolute atomic E-state index is 10.9. The molecule has 2 atom stereocenters. The van der Waals surface area contributed by atoms with E-state index in [0.29, 0.717) is 5.92 Å². The summed E-state index contributed by atoms with van der Waals surface area (Å²) in [6, 6.07) is 0. The van der Waals surface area contributed by atoms with Crippen LogP contribution in [-0.2, 0) is 4.79 Å². The van der Waals surface area contributed by atoms with E-state index >= 15 is 0 Å². The summed E-state index contributed by atoms with van der Waals surface area (Å²) in [4.78, 5) is 10.9. The van der Waals surface area contributed by atoms with E-state index in [1.165, 1.54) is 19.3 Å². The van der Waals surface area contributed by atoms with Gasteiger partial charge in [-0.1, -0.05) is 40.0 Å². The number of carbonyl (C=O) groups excluding carboxylic acids is 1. The van der Waals surface area contributed by atoms with Crippen LogP contribution in [0.3, 0.4) is 0 Å². The Balaban J connectivity index is 3.53. The van der Waals surface area contributed by atoms with Gasteiger partial charge in [-0.05, 0) is 28.3 Å². The van der Waals surface area contributed by atoms with Gasteiger partial charge in [0, 0.05) is 5.92 Å². The maximum Gasteiger partial charge on any atom is 0.200 e. The Labute approximate surface area is 84.1 Å². The van der Waals surface area contributed by atoms with Crippen molar-refractivity contribution in [2.75, 3.05) is 0 Å². The average molecular weight is 235 g/mol. The Kier molecular flexibility index (Phi) is 6.73. The minimum Gasteiger partial charge on any atom is -0.286 e. The highest BCUT2D eigenvalue weighted by molar-refractivity contribution is 9.18. The molecule has 0 amide bonds. The third-order valence-corrected chi connectivity index (χ3v) is 2.98. The molecule has 0 aromatic rings. The lowest BCUT2D eigenvalue weighted by Gasteiger charge is -2.13. The quantitative estimate of drug-likeness (QED) is 0.640. The molecule has 72 valence electrons. The molecule has 0 rings (SSSR count). The molecule has 0 heterocycles. The summed E-state index contributed by atoms with van der Waals surface area (Å²) in [5.74, 6) is 0.860. The van der Waals surface area contributed by atoms with Gasteiger partial charge in [0.05, 0.1) is 0 Å². The first-order valence-electron chi connectivity index (χ1n) is 4.77. The van der Waals surface area contributed by atoms with Crippen LogP contribution in [0.25, 0.3) is 0 Å². The largest absolute Gasteiger partial charge is 0.286 e. The maximum atomic E-state index is 10.9. The minimum atomic E-state index is 0.144. The van der Waals surface area contributed by atoms with Crippen LogP contribution in [0.5, 0.6) is 0 Å². The highest BCUT2D eigenvalue weighted by Gasteiger charge is 2.12. The third-order valence-electron chi connectivity index (χ3n) is 2.19. The van der Waals surface area contributed by atoms with Gasteiger partial charge in [0.2, 0.25) is 4.69 Å². The van der Waals surface area contributed by atoms with Crippen molar-refractivity contribution in [1.29, 1.82) is 0 Å². The Morgan fingerprint density at radius 3 is 2.42 bits per heavy atom. The van der Waals surface area contributed by atoms with Gasteiger partial charge in [-0.25, -0.2) is 0 Å². The van der Waals surface area contributed by atoms with Crippen molar-refractivity contribution >= 4 is 20.6 Å². The van der Waals surface area contributed by atoms with Gasteiger partial charge in [0.15, 0.2) is 0 Å². The molecule has 2 unspecified atom stereocenters. The number of halogens is 1. The van der Waals surface area contributed by atoms with E-state index in [2.05, 4.69) is 29.8 Å². The first-order valence-corrected chi connectivity index (χ1v) is 5.56. The van der Waals surface area contributed by atoms with Crippen LogP contribution in [0.4, 0.5) is 0 Å². The summed E-state index contributed by atoms with van der Waals surface area (Å²) in [7, 11) is 0. The van der Waals surface area contributed by atoms with Gasteiger partial charge in [0.25, 0.3) is 0 Å². The Morgan fingerprint density at radius 1 is 1.42 bits per heavy atom. The number of unbranched alkanes of at least 4 members (excludes halogenated alkanes) is 1. The van der Waals surface area contributed by atoms with Gasteiger partial charge in [-0.2, -0.15) is 0 Å². The lowest BCUT2D eigenvalue weighted by atomic mass is 9.94. The van der Waals surface area contributed by atoms with E-state index in [1.807, 2.05) is 6.92 Å². The molecule has 0 aromatic carbocycles. The lowest BCUT2D eigenvalue weighted by Crippen LogP contribution is -2.08. The Hall–Kier alpha value is 0.150. The summed E-state index contributed by atoms with van der Waals surface area (Å²) in [5, 5.41) is 0. The Morgan fingerprint density at radius 2 is 2.00 bits per heavy atom. The van der Waals surface area contributed by atoms with Crippen molar-refractivity contribution in [3.63, 3.8) is 0 Å². The molecule has 0 aliphatic carbocycles. The highest BCUT2D eigenvalue weighted by atomic mass is 79.9. The normalized spacial score (nSPS) is 15.7.